The van der Waals surface area contributed by atoms with E-state index in [4.69, 9.17) is 4.74 Å². The molecule has 0 heterocycles. The van der Waals surface area contributed by atoms with Gasteiger partial charge in [0.1, 0.15) is 5.75 Å². The van der Waals surface area contributed by atoms with Crippen LogP contribution in [0.1, 0.15) is 22.8 Å². The first-order chi connectivity index (χ1) is 11.4. The van der Waals surface area contributed by atoms with Crippen molar-refractivity contribution < 1.29 is 14.5 Å². The Morgan fingerprint density at radius 2 is 1.83 bits per heavy atom. The summed E-state index contributed by atoms with van der Waals surface area (Å²) in [5.74, 6) is 0.342. The third-order valence-corrected chi connectivity index (χ3v) is 4.08. The summed E-state index contributed by atoms with van der Waals surface area (Å²) < 4.78 is 5.97. The van der Waals surface area contributed by atoms with Crippen molar-refractivity contribution in [1.82, 2.24) is 5.43 Å². The third kappa shape index (κ3) is 4.28. The fourth-order valence-corrected chi connectivity index (χ4v) is 2.63. The van der Waals surface area contributed by atoms with E-state index in [-0.39, 0.29) is 11.6 Å². The monoisotopic (exact) mass is 439 g/mol. The molecule has 24 heavy (non-hydrogen) atoms. The molecule has 1 N–H and O–H groups in total. The van der Waals surface area contributed by atoms with Crippen molar-refractivity contribution in [3.8, 4) is 5.75 Å². The van der Waals surface area contributed by atoms with Crippen LogP contribution in [-0.2, 0) is 0 Å². The van der Waals surface area contributed by atoms with Crippen LogP contribution in [0.15, 0.2) is 47.6 Å². The van der Waals surface area contributed by atoms with E-state index < -0.39 is 4.92 Å². The molecule has 0 aliphatic heterocycles. The largest absolute Gasteiger partial charge is 0.496 e. The van der Waals surface area contributed by atoms with Gasteiger partial charge in [-0.05, 0) is 65.4 Å². The van der Waals surface area contributed by atoms with Gasteiger partial charge in [0.2, 0.25) is 0 Å². The molecule has 2 rings (SSSR count). The lowest BCUT2D eigenvalue weighted by Crippen LogP contribution is -2.19. The number of hydrogen-bond acceptors (Lipinski definition) is 5. The minimum absolute atomic E-state index is 0.00314. The van der Waals surface area contributed by atoms with Crippen LogP contribution < -0.4 is 10.2 Å². The fourth-order valence-electron chi connectivity index (χ4n) is 1.90. The summed E-state index contributed by atoms with van der Waals surface area (Å²) >= 11 is 2.08. The Balaban J connectivity index is 2.10. The lowest BCUT2D eigenvalue weighted by molar-refractivity contribution is -0.384. The molecular weight excluding hydrogens is 425 g/mol. The molecule has 1 amide bonds. The van der Waals surface area contributed by atoms with Crippen molar-refractivity contribution in [3.63, 3.8) is 0 Å². The Labute approximate surface area is 152 Å². The Bertz CT molecular complexity index is 803. The molecule has 2 aromatic rings. The molecule has 0 bridgehead atoms. The second-order valence-electron chi connectivity index (χ2n) is 4.79. The number of carbonyl (C=O) groups excluding carboxylic acids is 1. The van der Waals surface area contributed by atoms with Gasteiger partial charge in [0.25, 0.3) is 11.6 Å². The summed E-state index contributed by atoms with van der Waals surface area (Å²) in [5, 5.41) is 14.7. The molecular formula is C16H14IN3O4. The topological polar surface area (TPSA) is 93.8 Å². The van der Waals surface area contributed by atoms with Gasteiger partial charge in [-0.3, -0.25) is 14.9 Å². The van der Waals surface area contributed by atoms with E-state index in [1.807, 2.05) is 0 Å². The fraction of sp³-hybridized carbons (Fsp3) is 0.125. The van der Waals surface area contributed by atoms with Crippen LogP contribution in [0.5, 0.6) is 5.75 Å². The smallest absolute Gasteiger partial charge is 0.271 e. The standard InChI is InChI=1S/C16H14IN3O4/c1-10(11-3-6-13(7-4-11)20(22)23)18-19-16(21)12-5-8-15(24-2)14(17)9-12/h3-9H,1-2H3,(H,19,21). The zero-order valence-corrected chi connectivity index (χ0v) is 15.1. The SMILES string of the molecule is COc1ccc(C(=O)NN=C(C)c2ccc([N+](=O)[O-])cc2)cc1I. The summed E-state index contributed by atoms with van der Waals surface area (Å²) in [4.78, 5) is 22.3. The van der Waals surface area contributed by atoms with Gasteiger partial charge in [-0.1, -0.05) is 0 Å². The number of halogens is 1. The van der Waals surface area contributed by atoms with Gasteiger partial charge in [0.15, 0.2) is 0 Å². The Kier molecular flexibility index (Phi) is 5.85. The van der Waals surface area contributed by atoms with Gasteiger partial charge >= 0.3 is 0 Å². The molecule has 0 aliphatic carbocycles. The molecule has 0 spiro atoms. The maximum absolute atomic E-state index is 12.1. The first-order valence-electron chi connectivity index (χ1n) is 6.85. The number of rotatable bonds is 5. The zero-order chi connectivity index (χ0) is 17.7. The lowest BCUT2D eigenvalue weighted by atomic mass is 10.1. The minimum atomic E-state index is -0.469. The molecule has 0 saturated heterocycles. The molecule has 2 aromatic carbocycles. The van der Waals surface area contributed by atoms with E-state index in [0.29, 0.717) is 22.6 Å². The van der Waals surface area contributed by atoms with E-state index in [9.17, 15) is 14.9 Å². The second-order valence-corrected chi connectivity index (χ2v) is 5.95. The molecule has 0 unspecified atom stereocenters. The van der Waals surface area contributed by atoms with E-state index in [1.54, 1.807) is 44.4 Å². The molecule has 7 nitrogen and oxygen atoms in total. The Morgan fingerprint density at radius 1 is 1.21 bits per heavy atom. The van der Waals surface area contributed by atoms with E-state index in [1.165, 1.54) is 12.1 Å². The summed E-state index contributed by atoms with van der Waals surface area (Å²) in [6, 6.07) is 11.0. The number of nitrogens with one attached hydrogen (secondary N) is 1. The summed E-state index contributed by atoms with van der Waals surface area (Å²) in [6.45, 7) is 1.71. The van der Waals surface area contributed by atoms with Crippen molar-refractivity contribution >= 4 is 39.9 Å². The van der Waals surface area contributed by atoms with Crippen LogP contribution in [0, 0.1) is 13.7 Å². The number of carbonyl (C=O) groups is 1. The Hall–Kier alpha value is -2.49. The lowest BCUT2D eigenvalue weighted by Gasteiger charge is -2.06. The van der Waals surface area contributed by atoms with Crippen LogP contribution in [-0.4, -0.2) is 23.7 Å². The average molecular weight is 439 g/mol. The van der Waals surface area contributed by atoms with E-state index >= 15 is 0 Å². The molecule has 0 radical (unpaired) electrons. The minimum Gasteiger partial charge on any atom is -0.496 e. The number of amides is 1. The molecule has 0 fully saturated rings. The number of nitrogens with zero attached hydrogens (tertiary/aromatic N) is 2. The molecule has 8 heteroatoms. The predicted octanol–water partition coefficient (Wildman–Crippen LogP) is 3.36. The predicted molar refractivity (Wildman–Crippen MR) is 98.5 cm³/mol. The number of hydrazone groups is 1. The third-order valence-electron chi connectivity index (χ3n) is 3.24. The Morgan fingerprint density at radius 3 is 2.38 bits per heavy atom. The van der Waals surface area contributed by atoms with Gasteiger partial charge in [-0.25, -0.2) is 5.43 Å². The first-order valence-corrected chi connectivity index (χ1v) is 7.93. The average Bonchev–Trinajstić information content (AvgIpc) is 2.59. The highest BCUT2D eigenvalue weighted by Crippen LogP contribution is 2.21. The number of hydrogen-bond donors (Lipinski definition) is 1. The molecule has 0 saturated carbocycles. The second kappa shape index (κ2) is 7.86. The van der Waals surface area contributed by atoms with Gasteiger partial charge in [-0.2, -0.15) is 5.10 Å². The van der Waals surface area contributed by atoms with Gasteiger partial charge in [0, 0.05) is 17.7 Å². The molecule has 0 atom stereocenters. The van der Waals surface area contributed by atoms with Crippen LogP contribution in [0.2, 0.25) is 0 Å². The number of non-ortho nitro benzene ring substituents is 1. The quantitative estimate of drug-likeness (QED) is 0.335. The number of nitro benzene ring substituents is 1. The van der Waals surface area contributed by atoms with Crippen LogP contribution in [0.4, 0.5) is 5.69 Å². The molecule has 0 aromatic heterocycles. The van der Waals surface area contributed by atoms with E-state index in [0.717, 1.165) is 3.57 Å². The van der Waals surface area contributed by atoms with Crippen molar-refractivity contribution in [2.75, 3.05) is 7.11 Å². The van der Waals surface area contributed by atoms with Crippen LogP contribution >= 0.6 is 22.6 Å². The number of benzene rings is 2. The highest BCUT2D eigenvalue weighted by Gasteiger charge is 2.09. The summed E-state index contributed by atoms with van der Waals surface area (Å²) in [7, 11) is 1.56. The van der Waals surface area contributed by atoms with Crippen LogP contribution in [0.25, 0.3) is 0 Å². The van der Waals surface area contributed by atoms with Gasteiger partial charge < -0.3 is 4.74 Å². The van der Waals surface area contributed by atoms with Gasteiger partial charge in [-0.15, -0.1) is 0 Å². The number of methoxy groups -OCH3 is 1. The van der Waals surface area contributed by atoms with Crippen molar-refractivity contribution in [3.05, 3.63) is 67.3 Å². The van der Waals surface area contributed by atoms with E-state index in [2.05, 4.69) is 33.1 Å². The highest BCUT2D eigenvalue weighted by molar-refractivity contribution is 14.1. The molecule has 124 valence electrons. The van der Waals surface area contributed by atoms with Crippen molar-refractivity contribution in [2.24, 2.45) is 5.10 Å². The maximum Gasteiger partial charge on any atom is 0.271 e. The highest BCUT2D eigenvalue weighted by atomic mass is 127. The van der Waals surface area contributed by atoms with Crippen LogP contribution in [0.3, 0.4) is 0 Å². The normalized spacial score (nSPS) is 11.0. The zero-order valence-electron chi connectivity index (χ0n) is 12.9. The van der Waals surface area contributed by atoms with Crippen molar-refractivity contribution in [2.45, 2.75) is 6.92 Å². The van der Waals surface area contributed by atoms with Gasteiger partial charge in [0.05, 0.1) is 21.3 Å². The first kappa shape index (κ1) is 17.9. The maximum atomic E-state index is 12.1. The summed E-state index contributed by atoms with van der Waals surface area (Å²) in [5.41, 5.74) is 4.16. The number of ether oxygens (including phenoxy) is 1. The number of nitro groups is 1. The van der Waals surface area contributed by atoms with Crippen molar-refractivity contribution in [1.29, 1.82) is 0 Å². The summed E-state index contributed by atoms with van der Waals surface area (Å²) in [6.07, 6.45) is 0. The molecule has 0 aliphatic rings.